The number of hydrogen-bond acceptors (Lipinski definition) is 5. The molecule has 1 fully saturated rings. The van der Waals surface area contributed by atoms with Crippen LogP contribution in [0.5, 0.6) is 0 Å². The molecular weight excluding hydrogens is 290 g/mol. The Bertz CT molecular complexity index is 569. The van der Waals surface area contributed by atoms with Gasteiger partial charge in [-0.15, -0.1) is 0 Å². The van der Waals surface area contributed by atoms with E-state index >= 15 is 0 Å². The van der Waals surface area contributed by atoms with E-state index in [2.05, 4.69) is 4.90 Å². The summed E-state index contributed by atoms with van der Waals surface area (Å²) in [6.45, 7) is 1.61. The topological polar surface area (TPSA) is 86.9 Å². The number of rotatable bonds is 5. The van der Waals surface area contributed by atoms with Crippen LogP contribution in [-0.4, -0.2) is 62.1 Å². The van der Waals surface area contributed by atoms with Crippen LogP contribution in [0.2, 0.25) is 0 Å². The van der Waals surface area contributed by atoms with Crippen molar-refractivity contribution in [1.29, 1.82) is 0 Å². The molecule has 0 spiro atoms. The van der Waals surface area contributed by atoms with E-state index in [1.54, 1.807) is 18.2 Å². The molecule has 0 unspecified atom stereocenters. The minimum Gasteiger partial charge on any atom is -0.398 e. The van der Waals surface area contributed by atoms with Crippen molar-refractivity contribution in [3.63, 3.8) is 0 Å². The van der Waals surface area contributed by atoms with Crippen molar-refractivity contribution in [3.05, 3.63) is 24.3 Å². The number of aliphatic hydroxyl groups is 1. The zero-order valence-electron chi connectivity index (χ0n) is 12.3. The molecule has 21 heavy (non-hydrogen) atoms. The third-order valence-electron chi connectivity index (χ3n) is 3.92. The van der Waals surface area contributed by atoms with Crippen LogP contribution in [0.15, 0.2) is 29.2 Å². The quantitative estimate of drug-likeness (QED) is 0.766. The summed E-state index contributed by atoms with van der Waals surface area (Å²) in [7, 11) is -1.66. The lowest BCUT2D eigenvalue weighted by atomic mass is 10.1. The molecule has 118 valence electrons. The Morgan fingerprint density at radius 3 is 2.52 bits per heavy atom. The lowest BCUT2D eigenvalue weighted by Gasteiger charge is -2.36. The lowest BCUT2D eigenvalue weighted by Crippen LogP contribution is -2.47. The maximum atomic E-state index is 12.8. The highest BCUT2D eigenvalue weighted by Crippen LogP contribution is 2.26. The van der Waals surface area contributed by atoms with Gasteiger partial charge in [0, 0.05) is 12.6 Å². The van der Waals surface area contributed by atoms with Gasteiger partial charge in [0.1, 0.15) is 4.90 Å². The van der Waals surface area contributed by atoms with Gasteiger partial charge in [-0.25, -0.2) is 8.42 Å². The maximum Gasteiger partial charge on any atom is 0.245 e. The summed E-state index contributed by atoms with van der Waals surface area (Å²) in [5, 5.41) is 9.25. The lowest BCUT2D eigenvalue weighted by molar-refractivity contribution is 0.161. The summed E-state index contributed by atoms with van der Waals surface area (Å²) in [5.41, 5.74) is 6.06. The standard InChI is InChI=1S/C14H23N3O3S/c1-16-8-6-12(7-9-16)17(10-11-18)21(19,20)14-5-3-2-4-13(14)15/h2-5,12,18H,6-11,15H2,1H3. The number of benzene rings is 1. The third kappa shape index (κ3) is 3.55. The van der Waals surface area contributed by atoms with Crippen LogP contribution in [0.4, 0.5) is 5.69 Å². The van der Waals surface area contributed by atoms with Gasteiger partial charge in [0.25, 0.3) is 0 Å². The smallest absolute Gasteiger partial charge is 0.245 e. The monoisotopic (exact) mass is 313 g/mol. The first kappa shape index (κ1) is 16.2. The molecule has 3 N–H and O–H groups in total. The molecule has 1 heterocycles. The molecule has 0 bridgehead atoms. The Balaban J connectivity index is 2.31. The fourth-order valence-electron chi connectivity index (χ4n) is 2.72. The van der Waals surface area contributed by atoms with Crippen molar-refractivity contribution < 1.29 is 13.5 Å². The number of aliphatic hydroxyl groups excluding tert-OH is 1. The van der Waals surface area contributed by atoms with Gasteiger partial charge in [-0.05, 0) is 45.1 Å². The molecule has 7 heteroatoms. The highest BCUT2D eigenvalue weighted by molar-refractivity contribution is 7.89. The number of hydrogen-bond donors (Lipinski definition) is 2. The van der Waals surface area contributed by atoms with Gasteiger partial charge in [0.2, 0.25) is 10.0 Å². The largest absolute Gasteiger partial charge is 0.398 e. The van der Waals surface area contributed by atoms with Gasteiger partial charge in [0.05, 0.1) is 12.3 Å². The Morgan fingerprint density at radius 1 is 1.33 bits per heavy atom. The highest BCUT2D eigenvalue weighted by Gasteiger charge is 2.33. The third-order valence-corrected chi connectivity index (χ3v) is 5.95. The first-order chi connectivity index (χ1) is 9.96. The molecule has 0 radical (unpaired) electrons. The number of likely N-dealkylation sites (tertiary alicyclic amines) is 1. The molecule has 0 atom stereocenters. The van der Waals surface area contributed by atoms with Crippen LogP contribution in [0.25, 0.3) is 0 Å². The van der Waals surface area contributed by atoms with Crippen molar-refractivity contribution in [3.8, 4) is 0 Å². The average molecular weight is 313 g/mol. The van der Waals surface area contributed by atoms with Crippen LogP contribution >= 0.6 is 0 Å². The van der Waals surface area contributed by atoms with Gasteiger partial charge < -0.3 is 15.7 Å². The van der Waals surface area contributed by atoms with E-state index in [0.29, 0.717) is 0 Å². The second-order valence-electron chi connectivity index (χ2n) is 5.41. The fourth-order valence-corrected chi connectivity index (χ4v) is 4.52. The van der Waals surface area contributed by atoms with Crippen LogP contribution in [0.1, 0.15) is 12.8 Å². The zero-order valence-corrected chi connectivity index (χ0v) is 13.1. The first-order valence-corrected chi connectivity index (χ1v) is 8.56. The summed E-state index contributed by atoms with van der Waals surface area (Å²) in [6.07, 6.45) is 1.53. The Hall–Kier alpha value is -1.15. The van der Waals surface area contributed by atoms with Crippen molar-refractivity contribution in [1.82, 2.24) is 9.21 Å². The van der Waals surface area contributed by atoms with Gasteiger partial charge >= 0.3 is 0 Å². The summed E-state index contributed by atoms with van der Waals surface area (Å²) in [5.74, 6) is 0. The minimum atomic E-state index is -3.68. The van der Waals surface area contributed by atoms with E-state index in [1.807, 2.05) is 7.05 Å². The number of anilines is 1. The molecular formula is C14H23N3O3S. The van der Waals surface area contributed by atoms with Crippen molar-refractivity contribution >= 4 is 15.7 Å². The SMILES string of the molecule is CN1CCC(N(CCO)S(=O)(=O)c2ccccc2N)CC1. The molecule has 0 aromatic heterocycles. The molecule has 1 saturated heterocycles. The number of nitrogen functional groups attached to an aromatic ring is 1. The molecule has 1 aliphatic rings. The molecule has 0 amide bonds. The normalized spacial score (nSPS) is 18.2. The first-order valence-electron chi connectivity index (χ1n) is 7.12. The Kier molecular flexibility index (Phi) is 5.21. The predicted molar refractivity (Wildman–Crippen MR) is 82.4 cm³/mol. The molecule has 6 nitrogen and oxygen atoms in total. The number of sulfonamides is 1. The van der Waals surface area contributed by atoms with Gasteiger partial charge in [-0.2, -0.15) is 4.31 Å². The van der Waals surface area contributed by atoms with Gasteiger partial charge in [-0.3, -0.25) is 0 Å². The molecule has 1 aromatic rings. The molecule has 1 aliphatic heterocycles. The second-order valence-corrected chi connectivity index (χ2v) is 7.27. The fraction of sp³-hybridized carbons (Fsp3) is 0.571. The van der Waals surface area contributed by atoms with Crippen molar-refractivity contribution in [2.24, 2.45) is 0 Å². The Morgan fingerprint density at radius 2 is 1.95 bits per heavy atom. The van der Waals surface area contributed by atoms with E-state index in [0.717, 1.165) is 25.9 Å². The van der Waals surface area contributed by atoms with Gasteiger partial charge in [-0.1, -0.05) is 12.1 Å². The zero-order chi connectivity index (χ0) is 15.5. The van der Waals surface area contributed by atoms with E-state index in [-0.39, 0.29) is 29.8 Å². The maximum absolute atomic E-state index is 12.8. The number of piperidine rings is 1. The Labute approximate surface area is 126 Å². The van der Waals surface area contributed by atoms with Crippen LogP contribution in [0.3, 0.4) is 0 Å². The molecule has 0 aliphatic carbocycles. The summed E-state index contributed by atoms with van der Waals surface area (Å²) < 4.78 is 27.1. The second kappa shape index (κ2) is 6.74. The van der Waals surface area contributed by atoms with Crippen LogP contribution < -0.4 is 5.73 Å². The predicted octanol–water partition coefficient (Wildman–Crippen LogP) is 0.346. The van der Waals surface area contributed by atoms with Crippen LogP contribution in [0, 0.1) is 0 Å². The number of nitrogens with two attached hydrogens (primary N) is 1. The van der Waals surface area contributed by atoms with Crippen LogP contribution in [-0.2, 0) is 10.0 Å². The van der Waals surface area contributed by atoms with Crippen molar-refractivity contribution in [2.45, 2.75) is 23.8 Å². The van der Waals surface area contributed by atoms with Gasteiger partial charge in [0.15, 0.2) is 0 Å². The molecule has 1 aromatic carbocycles. The molecule has 0 saturated carbocycles. The number of nitrogens with zero attached hydrogens (tertiary/aromatic N) is 2. The summed E-state index contributed by atoms with van der Waals surface area (Å²) in [4.78, 5) is 2.30. The van der Waals surface area contributed by atoms with Crippen molar-refractivity contribution in [2.75, 3.05) is 39.0 Å². The van der Waals surface area contributed by atoms with E-state index < -0.39 is 10.0 Å². The number of para-hydroxylation sites is 1. The van der Waals surface area contributed by atoms with E-state index in [4.69, 9.17) is 5.73 Å². The summed E-state index contributed by atoms with van der Waals surface area (Å²) >= 11 is 0. The van der Waals surface area contributed by atoms with E-state index in [1.165, 1.54) is 10.4 Å². The van der Waals surface area contributed by atoms with E-state index in [9.17, 15) is 13.5 Å². The summed E-state index contributed by atoms with van der Waals surface area (Å²) in [6, 6.07) is 6.38. The average Bonchev–Trinajstić information content (AvgIpc) is 2.46. The minimum absolute atomic E-state index is 0.0852. The highest BCUT2D eigenvalue weighted by atomic mass is 32.2. The molecule has 2 rings (SSSR count).